The Labute approximate surface area is 152 Å². The van der Waals surface area contributed by atoms with Crippen LogP contribution in [0.1, 0.15) is 50.8 Å². The first-order valence-corrected chi connectivity index (χ1v) is 9.36. The van der Waals surface area contributed by atoms with Crippen LogP contribution >= 0.6 is 0 Å². The second-order valence-corrected chi connectivity index (χ2v) is 7.52. The summed E-state index contributed by atoms with van der Waals surface area (Å²) in [5, 5.41) is 6.19. The van der Waals surface area contributed by atoms with Crippen molar-refractivity contribution >= 4 is 23.7 Å². The Morgan fingerprint density at radius 3 is 2.54 bits per heavy atom. The minimum absolute atomic E-state index is 0.0205. The lowest BCUT2D eigenvalue weighted by Gasteiger charge is -2.49. The number of nitrogens with two attached hydrogens (primary N) is 1. The Hall–Kier alpha value is -2.45. The summed E-state index contributed by atoms with van der Waals surface area (Å²) in [6.07, 6.45) is 5.91. The van der Waals surface area contributed by atoms with Crippen LogP contribution in [0.15, 0.2) is 0 Å². The smallest absolute Gasteiger partial charge is 0.245 e. The number of anilines is 2. The van der Waals surface area contributed by atoms with E-state index < -0.39 is 0 Å². The first-order valence-electron chi connectivity index (χ1n) is 9.36. The van der Waals surface area contributed by atoms with Crippen molar-refractivity contribution in [2.75, 3.05) is 11.1 Å². The zero-order valence-electron chi connectivity index (χ0n) is 14.9. The third-order valence-corrected chi connectivity index (χ3v) is 5.62. The molecule has 0 radical (unpaired) electrons. The van der Waals surface area contributed by atoms with Gasteiger partial charge in [-0.25, -0.2) is 0 Å². The summed E-state index contributed by atoms with van der Waals surface area (Å²) in [4.78, 5) is 38.9. The van der Waals surface area contributed by atoms with Gasteiger partial charge in [0.25, 0.3) is 0 Å². The first kappa shape index (κ1) is 17.0. The Morgan fingerprint density at radius 2 is 1.92 bits per heavy atom. The molecule has 9 heteroatoms. The lowest BCUT2D eigenvalue weighted by molar-refractivity contribution is -0.143. The van der Waals surface area contributed by atoms with Crippen LogP contribution in [0.3, 0.4) is 0 Å². The molecule has 3 aliphatic heterocycles. The third kappa shape index (κ3) is 3.30. The van der Waals surface area contributed by atoms with Crippen LogP contribution in [-0.4, -0.2) is 55.8 Å². The number of carbonyl (C=O) groups excluding carboxylic acids is 2. The largest absolute Gasteiger partial charge is 0.368 e. The molecular weight excluding hydrogens is 334 g/mol. The molecule has 4 N–H and O–H groups in total. The lowest BCUT2D eigenvalue weighted by Crippen LogP contribution is -2.60. The average Bonchev–Trinajstić information content (AvgIpc) is 2.99. The molecular formula is C17H25N7O2. The van der Waals surface area contributed by atoms with Crippen LogP contribution in [0.2, 0.25) is 0 Å². The second kappa shape index (κ2) is 6.69. The molecule has 1 aromatic rings. The first-order chi connectivity index (χ1) is 12.5. The SMILES string of the molecule is Cc1nc(N)nc(NC2CC3CCCC(C2)N3C(=O)C2CCC(=O)N2)n1. The Morgan fingerprint density at radius 1 is 1.19 bits per heavy atom. The maximum atomic E-state index is 13.0. The van der Waals surface area contributed by atoms with Crippen molar-refractivity contribution in [3.8, 4) is 0 Å². The number of aryl methyl sites for hydroxylation is 1. The van der Waals surface area contributed by atoms with Gasteiger partial charge in [0.15, 0.2) is 0 Å². The third-order valence-electron chi connectivity index (χ3n) is 5.62. The fourth-order valence-corrected chi connectivity index (χ4v) is 4.59. The summed E-state index contributed by atoms with van der Waals surface area (Å²) >= 11 is 0. The predicted molar refractivity (Wildman–Crippen MR) is 95.1 cm³/mol. The van der Waals surface area contributed by atoms with Crippen LogP contribution in [0.25, 0.3) is 0 Å². The van der Waals surface area contributed by atoms with Gasteiger partial charge < -0.3 is 21.3 Å². The van der Waals surface area contributed by atoms with Crippen molar-refractivity contribution in [1.82, 2.24) is 25.2 Å². The number of aromatic nitrogens is 3. The topological polar surface area (TPSA) is 126 Å². The second-order valence-electron chi connectivity index (χ2n) is 7.52. The van der Waals surface area contributed by atoms with E-state index >= 15 is 0 Å². The molecule has 3 unspecified atom stereocenters. The van der Waals surface area contributed by atoms with Gasteiger partial charge in [0.05, 0.1) is 0 Å². The summed E-state index contributed by atoms with van der Waals surface area (Å²) in [6.45, 7) is 1.79. The summed E-state index contributed by atoms with van der Waals surface area (Å²) in [6, 6.07) is 0.255. The van der Waals surface area contributed by atoms with Crippen LogP contribution in [-0.2, 0) is 9.59 Å². The van der Waals surface area contributed by atoms with Gasteiger partial charge in [-0.05, 0) is 45.4 Å². The Kier molecular flexibility index (Phi) is 4.37. The predicted octanol–water partition coefficient (Wildman–Crippen LogP) is 0.365. The van der Waals surface area contributed by atoms with Crippen LogP contribution in [0.4, 0.5) is 11.9 Å². The maximum absolute atomic E-state index is 13.0. The number of rotatable bonds is 3. The standard InChI is InChI=1S/C17H25N7O2/c1-9-19-16(18)23-17(20-9)21-10-7-11-3-2-4-12(8-10)24(11)15(26)13-5-6-14(25)22-13/h10-13H,2-8H2,1H3,(H,22,25)(H3,18,19,20,21,23). The molecule has 0 saturated carbocycles. The number of fused-ring (bicyclic) bond motifs is 2. The number of amides is 2. The van der Waals surface area contributed by atoms with E-state index in [9.17, 15) is 9.59 Å². The molecule has 4 rings (SSSR count). The van der Waals surface area contributed by atoms with Crippen molar-refractivity contribution in [3.63, 3.8) is 0 Å². The molecule has 3 saturated heterocycles. The fourth-order valence-electron chi connectivity index (χ4n) is 4.59. The van der Waals surface area contributed by atoms with Gasteiger partial charge in [-0.3, -0.25) is 9.59 Å². The van der Waals surface area contributed by atoms with E-state index in [1.165, 1.54) is 0 Å². The molecule has 26 heavy (non-hydrogen) atoms. The number of nitrogens with zero attached hydrogens (tertiary/aromatic N) is 4. The molecule has 9 nitrogen and oxygen atoms in total. The summed E-state index contributed by atoms with van der Waals surface area (Å²) < 4.78 is 0. The highest BCUT2D eigenvalue weighted by Gasteiger charge is 2.44. The molecule has 0 aliphatic carbocycles. The Balaban J connectivity index is 1.46. The molecule has 1 aromatic heterocycles. The van der Waals surface area contributed by atoms with Crippen LogP contribution < -0.4 is 16.4 Å². The van der Waals surface area contributed by atoms with Crippen molar-refractivity contribution < 1.29 is 9.59 Å². The van der Waals surface area contributed by atoms with Gasteiger partial charge in [-0.1, -0.05) is 0 Å². The quantitative estimate of drug-likeness (QED) is 0.711. The fraction of sp³-hybridized carbons (Fsp3) is 0.706. The molecule has 0 aromatic carbocycles. The normalized spacial score (nSPS) is 30.8. The minimum Gasteiger partial charge on any atom is -0.368 e. The number of nitrogen functional groups attached to an aromatic ring is 1. The molecule has 4 heterocycles. The zero-order valence-corrected chi connectivity index (χ0v) is 14.9. The van der Waals surface area contributed by atoms with E-state index in [1.54, 1.807) is 6.92 Å². The van der Waals surface area contributed by atoms with Crippen molar-refractivity contribution in [3.05, 3.63) is 5.82 Å². The van der Waals surface area contributed by atoms with Crippen LogP contribution in [0, 0.1) is 6.92 Å². The van der Waals surface area contributed by atoms with E-state index in [0.29, 0.717) is 24.6 Å². The molecule has 2 amide bonds. The molecule has 3 fully saturated rings. The number of nitrogens with one attached hydrogen (secondary N) is 2. The number of hydrogen-bond acceptors (Lipinski definition) is 7. The van der Waals surface area contributed by atoms with E-state index in [-0.39, 0.29) is 41.9 Å². The number of carbonyl (C=O) groups is 2. The van der Waals surface area contributed by atoms with Gasteiger partial charge in [-0.2, -0.15) is 15.0 Å². The van der Waals surface area contributed by atoms with Crippen molar-refractivity contribution in [1.29, 1.82) is 0 Å². The maximum Gasteiger partial charge on any atom is 0.245 e. The average molecular weight is 359 g/mol. The van der Waals surface area contributed by atoms with Crippen molar-refractivity contribution in [2.45, 2.75) is 76.0 Å². The van der Waals surface area contributed by atoms with Gasteiger partial charge >= 0.3 is 0 Å². The molecule has 3 atom stereocenters. The van der Waals surface area contributed by atoms with Gasteiger partial charge in [0.2, 0.25) is 23.7 Å². The molecule has 0 spiro atoms. The van der Waals surface area contributed by atoms with Gasteiger partial charge in [0, 0.05) is 24.5 Å². The summed E-state index contributed by atoms with van der Waals surface area (Å²) in [7, 11) is 0. The lowest BCUT2D eigenvalue weighted by atomic mass is 9.81. The van der Waals surface area contributed by atoms with E-state index in [1.807, 2.05) is 4.90 Å². The van der Waals surface area contributed by atoms with Gasteiger partial charge in [-0.15, -0.1) is 0 Å². The van der Waals surface area contributed by atoms with E-state index in [0.717, 1.165) is 32.1 Å². The summed E-state index contributed by atoms with van der Waals surface area (Å²) in [5.74, 6) is 1.37. The van der Waals surface area contributed by atoms with Crippen LogP contribution in [0.5, 0.6) is 0 Å². The van der Waals surface area contributed by atoms with Crippen molar-refractivity contribution in [2.24, 2.45) is 0 Å². The highest BCUT2D eigenvalue weighted by atomic mass is 16.2. The molecule has 140 valence electrons. The number of piperidine rings is 2. The monoisotopic (exact) mass is 359 g/mol. The highest BCUT2D eigenvalue weighted by Crippen LogP contribution is 2.36. The highest BCUT2D eigenvalue weighted by molar-refractivity contribution is 5.91. The minimum atomic E-state index is -0.346. The van der Waals surface area contributed by atoms with E-state index in [4.69, 9.17) is 5.73 Å². The summed E-state index contributed by atoms with van der Waals surface area (Å²) in [5.41, 5.74) is 5.71. The van der Waals surface area contributed by atoms with E-state index in [2.05, 4.69) is 25.6 Å². The molecule has 2 bridgehead atoms. The molecule has 3 aliphatic rings. The Bertz CT molecular complexity index is 691. The number of hydrogen-bond donors (Lipinski definition) is 3. The zero-order chi connectivity index (χ0) is 18.3. The van der Waals surface area contributed by atoms with Gasteiger partial charge in [0.1, 0.15) is 11.9 Å².